The Hall–Kier alpha value is -3.09. The first kappa shape index (κ1) is 17.7. The van der Waals surface area contributed by atoms with E-state index in [1.807, 2.05) is 31.2 Å². The van der Waals surface area contributed by atoms with Gasteiger partial charge in [-0.1, -0.05) is 30.3 Å². The van der Waals surface area contributed by atoms with Gasteiger partial charge in [0.05, 0.1) is 12.8 Å². The standard InChI is InChI=1S/C19H21N3O4/c1-3-14-11-17(26-22-14)18(23)21-12-13-7-6-10-20-19(13)25-16-9-5-4-8-15(16)24-2/h4-10,17H,3,11-12H2,1-2H3,(H,21,23)/t17-/m1/s1. The number of oxime groups is 1. The maximum absolute atomic E-state index is 12.3. The van der Waals surface area contributed by atoms with E-state index >= 15 is 0 Å². The Balaban J connectivity index is 1.65. The number of amides is 1. The maximum atomic E-state index is 12.3. The number of benzene rings is 1. The summed E-state index contributed by atoms with van der Waals surface area (Å²) in [6.07, 6.45) is 2.38. The highest BCUT2D eigenvalue weighted by atomic mass is 16.6. The lowest BCUT2D eigenvalue weighted by molar-refractivity contribution is -0.131. The molecular formula is C19H21N3O4. The number of carbonyl (C=O) groups is 1. The molecule has 1 aromatic heterocycles. The predicted molar refractivity (Wildman–Crippen MR) is 96.4 cm³/mol. The molecule has 0 spiro atoms. The maximum Gasteiger partial charge on any atom is 0.264 e. The molecule has 1 atom stereocenters. The normalized spacial score (nSPS) is 15.8. The summed E-state index contributed by atoms with van der Waals surface area (Å²) < 4.78 is 11.2. The molecule has 0 saturated carbocycles. The first-order chi connectivity index (χ1) is 12.7. The molecule has 1 aromatic carbocycles. The highest BCUT2D eigenvalue weighted by Gasteiger charge is 2.27. The molecule has 1 aliphatic heterocycles. The van der Waals surface area contributed by atoms with Crippen molar-refractivity contribution < 1.29 is 19.1 Å². The number of methoxy groups -OCH3 is 1. The van der Waals surface area contributed by atoms with Crippen LogP contribution in [-0.4, -0.2) is 29.8 Å². The zero-order valence-corrected chi connectivity index (χ0v) is 14.8. The Kier molecular flexibility index (Phi) is 5.68. The van der Waals surface area contributed by atoms with Crippen LogP contribution in [0.5, 0.6) is 17.4 Å². The van der Waals surface area contributed by atoms with Crippen LogP contribution >= 0.6 is 0 Å². The lowest BCUT2D eigenvalue weighted by atomic mass is 10.1. The molecule has 0 fully saturated rings. The van der Waals surface area contributed by atoms with E-state index < -0.39 is 6.10 Å². The largest absolute Gasteiger partial charge is 0.493 e. The number of carbonyl (C=O) groups excluding carboxylic acids is 1. The lowest BCUT2D eigenvalue weighted by Gasteiger charge is -2.14. The number of rotatable bonds is 7. The molecular weight excluding hydrogens is 334 g/mol. The number of ether oxygens (including phenoxy) is 2. The van der Waals surface area contributed by atoms with Gasteiger partial charge in [-0.25, -0.2) is 4.98 Å². The second-order valence-corrected chi connectivity index (χ2v) is 5.75. The monoisotopic (exact) mass is 355 g/mol. The van der Waals surface area contributed by atoms with E-state index in [1.165, 1.54) is 0 Å². The molecule has 26 heavy (non-hydrogen) atoms. The van der Waals surface area contributed by atoms with Crippen LogP contribution in [0.25, 0.3) is 0 Å². The van der Waals surface area contributed by atoms with Gasteiger partial charge >= 0.3 is 0 Å². The molecule has 1 amide bonds. The van der Waals surface area contributed by atoms with Gasteiger partial charge < -0.3 is 19.6 Å². The summed E-state index contributed by atoms with van der Waals surface area (Å²) in [4.78, 5) is 21.7. The fourth-order valence-corrected chi connectivity index (χ4v) is 2.53. The van der Waals surface area contributed by atoms with Crippen molar-refractivity contribution >= 4 is 11.6 Å². The van der Waals surface area contributed by atoms with Crippen LogP contribution in [-0.2, 0) is 16.2 Å². The van der Waals surface area contributed by atoms with Crippen LogP contribution < -0.4 is 14.8 Å². The average molecular weight is 355 g/mol. The number of aromatic nitrogens is 1. The first-order valence-electron chi connectivity index (χ1n) is 8.45. The summed E-state index contributed by atoms with van der Waals surface area (Å²) in [5.74, 6) is 1.37. The number of nitrogens with one attached hydrogen (secondary N) is 1. The Morgan fingerprint density at radius 3 is 2.81 bits per heavy atom. The van der Waals surface area contributed by atoms with Gasteiger partial charge in [0.1, 0.15) is 0 Å². The first-order valence-corrected chi connectivity index (χ1v) is 8.45. The van der Waals surface area contributed by atoms with Crippen molar-refractivity contribution in [2.75, 3.05) is 7.11 Å². The van der Waals surface area contributed by atoms with Crippen LogP contribution in [0.1, 0.15) is 25.3 Å². The van der Waals surface area contributed by atoms with Gasteiger partial charge in [-0.15, -0.1) is 0 Å². The number of hydrogen-bond acceptors (Lipinski definition) is 6. The molecule has 0 unspecified atom stereocenters. The molecule has 2 aromatic rings. The van der Waals surface area contributed by atoms with Crippen LogP contribution in [0.15, 0.2) is 47.8 Å². The van der Waals surface area contributed by atoms with Crippen LogP contribution in [0.3, 0.4) is 0 Å². The third-order valence-corrected chi connectivity index (χ3v) is 4.01. The van der Waals surface area contributed by atoms with E-state index in [-0.39, 0.29) is 12.5 Å². The average Bonchev–Trinajstić information content (AvgIpc) is 3.17. The molecule has 1 N–H and O–H groups in total. The molecule has 0 aliphatic carbocycles. The second kappa shape index (κ2) is 8.33. The topological polar surface area (TPSA) is 82.0 Å². The summed E-state index contributed by atoms with van der Waals surface area (Å²) in [7, 11) is 1.58. The summed E-state index contributed by atoms with van der Waals surface area (Å²) in [6.45, 7) is 2.26. The second-order valence-electron chi connectivity index (χ2n) is 5.75. The molecule has 7 nitrogen and oxygen atoms in total. The predicted octanol–water partition coefficient (Wildman–Crippen LogP) is 3.05. The van der Waals surface area contributed by atoms with Crippen molar-refractivity contribution in [3.63, 3.8) is 0 Å². The van der Waals surface area contributed by atoms with E-state index in [2.05, 4.69) is 15.5 Å². The number of pyridine rings is 1. The quantitative estimate of drug-likeness (QED) is 0.825. The Morgan fingerprint density at radius 1 is 1.27 bits per heavy atom. The highest BCUT2D eigenvalue weighted by molar-refractivity contribution is 5.92. The molecule has 0 saturated heterocycles. The van der Waals surface area contributed by atoms with E-state index in [0.29, 0.717) is 23.8 Å². The van der Waals surface area contributed by atoms with Crippen molar-refractivity contribution in [3.05, 3.63) is 48.2 Å². The van der Waals surface area contributed by atoms with Gasteiger partial charge in [0, 0.05) is 24.7 Å². The smallest absolute Gasteiger partial charge is 0.264 e. The van der Waals surface area contributed by atoms with Crippen molar-refractivity contribution in [2.24, 2.45) is 5.16 Å². The van der Waals surface area contributed by atoms with Crippen LogP contribution in [0.2, 0.25) is 0 Å². The Bertz CT molecular complexity index is 807. The molecule has 0 bridgehead atoms. The molecule has 7 heteroatoms. The minimum Gasteiger partial charge on any atom is -0.493 e. The van der Waals surface area contributed by atoms with Crippen molar-refractivity contribution in [1.82, 2.24) is 10.3 Å². The zero-order chi connectivity index (χ0) is 18.4. The number of nitrogens with zero attached hydrogens (tertiary/aromatic N) is 2. The summed E-state index contributed by atoms with van der Waals surface area (Å²) in [5.41, 5.74) is 1.65. The van der Waals surface area contributed by atoms with Gasteiger partial charge in [-0.3, -0.25) is 4.79 Å². The third-order valence-electron chi connectivity index (χ3n) is 4.01. The highest BCUT2D eigenvalue weighted by Crippen LogP contribution is 2.31. The van der Waals surface area contributed by atoms with Crippen molar-refractivity contribution in [3.8, 4) is 17.4 Å². The van der Waals surface area contributed by atoms with E-state index in [4.69, 9.17) is 14.3 Å². The minimum atomic E-state index is -0.569. The number of hydrogen-bond donors (Lipinski definition) is 1. The Morgan fingerprint density at radius 2 is 2.08 bits per heavy atom. The van der Waals surface area contributed by atoms with Crippen molar-refractivity contribution in [1.29, 1.82) is 0 Å². The van der Waals surface area contributed by atoms with Gasteiger partial charge in [0.25, 0.3) is 5.91 Å². The van der Waals surface area contributed by atoms with Gasteiger partial charge in [0.15, 0.2) is 11.5 Å². The van der Waals surface area contributed by atoms with Crippen LogP contribution in [0.4, 0.5) is 0 Å². The van der Waals surface area contributed by atoms with E-state index in [0.717, 1.165) is 17.7 Å². The fourth-order valence-electron chi connectivity index (χ4n) is 2.53. The third kappa shape index (κ3) is 4.11. The van der Waals surface area contributed by atoms with Gasteiger partial charge in [-0.05, 0) is 24.6 Å². The Labute approximate surface area is 152 Å². The summed E-state index contributed by atoms with van der Waals surface area (Å²) in [6, 6.07) is 11.0. The van der Waals surface area contributed by atoms with Crippen molar-refractivity contribution in [2.45, 2.75) is 32.4 Å². The van der Waals surface area contributed by atoms with Crippen LogP contribution in [0, 0.1) is 0 Å². The van der Waals surface area contributed by atoms with Gasteiger partial charge in [-0.2, -0.15) is 0 Å². The minimum absolute atomic E-state index is 0.204. The van der Waals surface area contributed by atoms with E-state index in [9.17, 15) is 4.79 Å². The fraction of sp³-hybridized carbons (Fsp3) is 0.316. The molecule has 1 aliphatic rings. The van der Waals surface area contributed by atoms with Gasteiger partial charge in [0.2, 0.25) is 12.0 Å². The molecule has 0 radical (unpaired) electrons. The lowest BCUT2D eigenvalue weighted by Crippen LogP contribution is -2.34. The van der Waals surface area contributed by atoms with E-state index in [1.54, 1.807) is 25.4 Å². The number of para-hydroxylation sites is 2. The molecule has 3 rings (SSSR count). The molecule has 2 heterocycles. The summed E-state index contributed by atoms with van der Waals surface area (Å²) >= 11 is 0. The molecule has 136 valence electrons. The zero-order valence-electron chi connectivity index (χ0n) is 14.8. The SMILES string of the molecule is CCC1=NO[C@@H](C(=O)NCc2cccnc2Oc2ccccc2OC)C1. The summed E-state index contributed by atoms with van der Waals surface area (Å²) in [5, 5.41) is 6.76.